The molecule has 0 amide bonds. The minimum Gasteiger partial charge on any atom is -0.507 e. The number of phenolic OH excluding ortho intramolecular Hbond substituents is 1. The first kappa shape index (κ1) is 19.4. The summed E-state index contributed by atoms with van der Waals surface area (Å²) in [5.74, 6) is 0.289. The lowest BCUT2D eigenvalue weighted by Crippen LogP contribution is -2.43. The number of aromatic hydroxyl groups is 1. The van der Waals surface area contributed by atoms with Crippen molar-refractivity contribution < 1.29 is 23.4 Å². The molecule has 0 bridgehead atoms. The molecule has 1 fully saturated rings. The summed E-state index contributed by atoms with van der Waals surface area (Å²) < 4.78 is 38.6. The van der Waals surface area contributed by atoms with Crippen LogP contribution in [0.15, 0.2) is 36.7 Å². The van der Waals surface area contributed by atoms with E-state index in [2.05, 4.69) is 20.5 Å². The number of aliphatic hydroxyl groups is 1. The van der Waals surface area contributed by atoms with Crippen LogP contribution in [-0.2, 0) is 6.18 Å². The van der Waals surface area contributed by atoms with Crippen molar-refractivity contribution >= 4 is 16.6 Å². The molecule has 2 heterocycles. The molecule has 6 nitrogen and oxygen atoms in total. The molecular formula is C20H19F3N4O2. The van der Waals surface area contributed by atoms with Gasteiger partial charge < -0.3 is 15.5 Å². The second-order valence-electron chi connectivity index (χ2n) is 7.70. The third-order valence-electron chi connectivity index (χ3n) is 5.18. The van der Waals surface area contributed by atoms with Crippen LogP contribution in [0.3, 0.4) is 0 Å². The highest BCUT2D eigenvalue weighted by molar-refractivity contribution is 6.00. The third-order valence-corrected chi connectivity index (χ3v) is 5.18. The van der Waals surface area contributed by atoms with Gasteiger partial charge in [0.2, 0.25) is 0 Å². The lowest BCUT2D eigenvalue weighted by molar-refractivity contribution is -0.137. The highest BCUT2D eigenvalue weighted by atomic mass is 19.4. The summed E-state index contributed by atoms with van der Waals surface area (Å²) in [5, 5.41) is 32.8. The van der Waals surface area contributed by atoms with Crippen LogP contribution in [0.25, 0.3) is 22.0 Å². The first-order valence-corrected chi connectivity index (χ1v) is 9.11. The van der Waals surface area contributed by atoms with Gasteiger partial charge in [0.1, 0.15) is 11.4 Å². The molecule has 1 aromatic carbocycles. The van der Waals surface area contributed by atoms with Crippen LogP contribution in [-0.4, -0.2) is 37.5 Å². The summed E-state index contributed by atoms with van der Waals surface area (Å²) in [5.41, 5.74) is -1.13. The number of hydrogen-bond donors (Lipinski definition) is 3. The van der Waals surface area contributed by atoms with E-state index in [-0.39, 0.29) is 11.3 Å². The number of halogens is 3. The number of aromatic nitrogens is 3. The zero-order valence-corrected chi connectivity index (χ0v) is 15.5. The second-order valence-corrected chi connectivity index (χ2v) is 7.70. The number of phenols is 1. The Balaban J connectivity index is 1.67. The quantitative estimate of drug-likeness (QED) is 0.609. The molecule has 1 saturated carbocycles. The summed E-state index contributed by atoms with van der Waals surface area (Å²) in [4.78, 5) is 4.10. The number of fused-ring (bicyclic) bond motifs is 1. The number of benzene rings is 1. The number of anilines is 1. The Hall–Kier alpha value is -2.94. The van der Waals surface area contributed by atoms with E-state index in [4.69, 9.17) is 0 Å². The van der Waals surface area contributed by atoms with E-state index in [0.717, 1.165) is 6.07 Å². The minimum absolute atomic E-state index is 0.156. The van der Waals surface area contributed by atoms with Gasteiger partial charge in [-0.2, -0.15) is 13.2 Å². The first-order chi connectivity index (χ1) is 13.6. The molecule has 0 spiro atoms. The van der Waals surface area contributed by atoms with Crippen molar-refractivity contribution in [1.29, 1.82) is 0 Å². The number of hydrogen-bond acceptors (Lipinski definition) is 6. The monoisotopic (exact) mass is 404 g/mol. The van der Waals surface area contributed by atoms with Crippen LogP contribution in [0.2, 0.25) is 0 Å². The number of nitrogens with zero attached hydrogens (tertiary/aromatic N) is 3. The van der Waals surface area contributed by atoms with Crippen molar-refractivity contribution in [2.75, 3.05) is 11.9 Å². The van der Waals surface area contributed by atoms with Crippen LogP contribution in [0.5, 0.6) is 5.75 Å². The zero-order valence-electron chi connectivity index (χ0n) is 15.5. The fraction of sp³-hybridized carbons (Fsp3) is 0.350. The maximum absolute atomic E-state index is 12.9. The van der Waals surface area contributed by atoms with Gasteiger partial charge in [-0.05, 0) is 49.9 Å². The van der Waals surface area contributed by atoms with Crippen molar-refractivity contribution in [1.82, 2.24) is 15.2 Å². The predicted molar refractivity (Wildman–Crippen MR) is 101 cm³/mol. The number of nitrogens with one attached hydrogen (secondary N) is 1. The number of pyridine rings is 1. The SMILES string of the molecule is CC1(O)CC(CNc2nnc(-c3ccc(C(F)(F)F)cc3O)c3ccncc23)C1. The average molecular weight is 404 g/mol. The minimum atomic E-state index is -4.55. The zero-order chi connectivity index (χ0) is 20.8. The number of alkyl halides is 3. The predicted octanol–water partition coefficient (Wildman–Crippen LogP) is 3.99. The van der Waals surface area contributed by atoms with Crippen LogP contribution >= 0.6 is 0 Å². The molecule has 4 rings (SSSR count). The van der Waals surface area contributed by atoms with Gasteiger partial charge in [0.15, 0.2) is 5.82 Å². The van der Waals surface area contributed by atoms with E-state index in [9.17, 15) is 23.4 Å². The third kappa shape index (κ3) is 3.82. The van der Waals surface area contributed by atoms with E-state index in [1.54, 1.807) is 25.4 Å². The Kier molecular flexibility index (Phi) is 4.57. The van der Waals surface area contributed by atoms with Crippen LogP contribution in [0, 0.1) is 5.92 Å². The highest BCUT2D eigenvalue weighted by Crippen LogP contribution is 2.39. The van der Waals surface area contributed by atoms with Crippen molar-refractivity contribution in [3.63, 3.8) is 0 Å². The highest BCUT2D eigenvalue weighted by Gasteiger charge is 2.38. The molecule has 3 N–H and O–H groups in total. The Bertz CT molecular complexity index is 1060. The van der Waals surface area contributed by atoms with E-state index >= 15 is 0 Å². The van der Waals surface area contributed by atoms with E-state index in [1.807, 2.05) is 0 Å². The Labute approximate surface area is 164 Å². The van der Waals surface area contributed by atoms with Gasteiger partial charge in [-0.25, -0.2) is 0 Å². The van der Waals surface area contributed by atoms with Gasteiger partial charge >= 0.3 is 6.18 Å². The van der Waals surface area contributed by atoms with Crippen molar-refractivity contribution in [2.45, 2.75) is 31.5 Å². The van der Waals surface area contributed by atoms with Crippen molar-refractivity contribution in [2.24, 2.45) is 5.92 Å². The molecule has 1 aliphatic carbocycles. The Morgan fingerprint density at radius 2 is 1.93 bits per heavy atom. The number of rotatable bonds is 4. The van der Waals surface area contributed by atoms with Crippen molar-refractivity contribution in [3.05, 3.63) is 42.2 Å². The summed E-state index contributed by atoms with van der Waals surface area (Å²) in [6.07, 6.45) is -0.0225. The summed E-state index contributed by atoms with van der Waals surface area (Å²) in [7, 11) is 0. The maximum Gasteiger partial charge on any atom is 0.416 e. The molecule has 152 valence electrons. The molecule has 3 aromatic rings. The smallest absolute Gasteiger partial charge is 0.416 e. The topological polar surface area (TPSA) is 91.2 Å². The second kappa shape index (κ2) is 6.84. The molecule has 2 aromatic heterocycles. The Morgan fingerprint density at radius 1 is 1.17 bits per heavy atom. The van der Waals surface area contributed by atoms with Gasteiger partial charge in [0.05, 0.1) is 11.2 Å². The van der Waals surface area contributed by atoms with Crippen LogP contribution in [0.1, 0.15) is 25.3 Å². The summed E-state index contributed by atoms with van der Waals surface area (Å²) in [6.45, 7) is 2.41. The summed E-state index contributed by atoms with van der Waals surface area (Å²) >= 11 is 0. The fourth-order valence-corrected chi connectivity index (χ4v) is 3.80. The lowest BCUT2D eigenvalue weighted by Gasteiger charge is -2.41. The fourth-order valence-electron chi connectivity index (χ4n) is 3.80. The first-order valence-electron chi connectivity index (χ1n) is 9.11. The molecule has 0 unspecified atom stereocenters. The maximum atomic E-state index is 12.9. The standard InChI is InChI=1S/C20H19F3N4O2/c1-19(29)7-11(8-19)9-25-18-15-10-24-5-4-13(15)17(26-27-18)14-3-2-12(6-16(14)28)20(21,22)23/h2-6,10-11,28-29H,7-9H2,1H3,(H,25,27). The van der Waals surface area contributed by atoms with E-state index < -0.39 is 23.1 Å². The van der Waals surface area contributed by atoms with Gasteiger partial charge in [0.25, 0.3) is 0 Å². The molecule has 0 atom stereocenters. The van der Waals surface area contributed by atoms with Gasteiger partial charge in [-0.15, -0.1) is 10.2 Å². The average Bonchev–Trinajstić information content (AvgIpc) is 2.64. The normalized spacial score (nSPS) is 21.8. The van der Waals surface area contributed by atoms with Crippen LogP contribution < -0.4 is 5.32 Å². The molecule has 1 aliphatic rings. The Morgan fingerprint density at radius 3 is 2.59 bits per heavy atom. The lowest BCUT2D eigenvalue weighted by atomic mass is 9.72. The van der Waals surface area contributed by atoms with E-state index in [1.165, 1.54) is 6.07 Å². The molecule has 9 heteroatoms. The summed E-state index contributed by atoms with van der Waals surface area (Å²) in [6, 6.07) is 4.44. The van der Waals surface area contributed by atoms with Gasteiger partial charge in [0, 0.05) is 35.3 Å². The van der Waals surface area contributed by atoms with Crippen molar-refractivity contribution in [3.8, 4) is 17.0 Å². The van der Waals surface area contributed by atoms with Gasteiger partial charge in [-0.3, -0.25) is 4.98 Å². The largest absolute Gasteiger partial charge is 0.507 e. The van der Waals surface area contributed by atoms with E-state index in [0.29, 0.717) is 48.0 Å². The van der Waals surface area contributed by atoms with Crippen LogP contribution in [0.4, 0.5) is 19.0 Å². The van der Waals surface area contributed by atoms with Gasteiger partial charge in [-0.1, -0.05) is 0 Å². The molecule has 29 heavy (non-hydrogen) atoms. The molecule has 0 radical (unpaired) electrons. The molecule has 0 saturated heterocycles. The molecular weight excluding hydrogens is 385 g/mol. The molecule has 0 aliphatic heterocycles.